The van der Waals surface area contributed by atoms with E-state index in [0.29, 0.717) is 11.1 Å². The third kappa shape index (κ3) is 0.929. The van der Waals surface area contributed by atoms with Gasteiger partial charge in [0.05, 0.1) is 11.8 Å². The average molecular weight is 199 g/mol. The average Bonchev–Trinajstić information content (AvgIpc) is 2.75. The molecule has 0 radical (unpaired) electrons. The van der Waals surface area contributed by atoms with Crippen LogP contribution in [0, 0.1) is 0 Å². The van der Waals surface area contributed by atoms with Gasteiger partial charge in [0.1, 0.15) is 0 Å². The van der Waals surface area contributed by atoms with Gasteiger partial charge in [-0.25, -0.2) is 0 Å². The lowest BCUT2D eigenvalue weighted by Gasteiger charge is -2.10. The molecule has 0 saturated heterocycles. The van der Waals surface area contributed by atoms with Crippen molar-refractivity contribution < 1.29 is 14.1 Å². The van der Waals surface area contributed by atoms with Gasteiger partial charge >= 0.3 is 0 Å². The van der Waals surface area contributed by atoms with E-state index in [4.69, 9.17) is 4.52 Å². The molecule has 0 bridgehead atoms. The molecule has 0 spiro atoms. The first kappa shape index (κ1) is 8.11. The molecule has 1 aromatic heterocycles. The van der Waals surface area contributed by atoms with Crippen molar-refractivity contribution in [1.82, 2.24) is 5.16 Å². The first-order valence-electron chi connectivity index (χ1n) is 4.42. The molecule has 1 heterocycles. The topological polar surface area (TPSA) is 60.2 Å². The minimum Gasteiger partial charge on any atom is -0.352 e. The summed E-state index contributed by atoms with van der Waals surface area (Å²) in [5, 5.41) is 3.47. The Balaban J connectivity index is 2.36. The largest absolute Gasteiger partial charge is 0.352 e. The Bertz CT molecular complexity index is 534. The van der Waals surface area contributed by atoms with E-state index in [2.05, 4.69) is 5.16 Å². The summed E-state index contributed by atoms with van der Waals surface area (Å²) in [5.74, 6) is -0.446. The van der Waals surface area contributed by atoms with Crippen molar-refractivity contribution in [2.75, 3.05) is 0 Å². The third-order valence-electron chi connectivity index (χ3n) is 2.44. The van der Waals surface area contributed by atoms with E-state index in [9.17, 15) is 9.59 Å². The third-order valence-corrected chi connectivity index (χ3v) is 2.44. The number of carbonyl (C=O) groups is 2. The van der Waals surface area contributed by atoms with Crippen LogP contribution in [0.5, 0.6) is 0 Å². The summed E-state index contributed by atoms with van der Waals surface area (Å²) in [6.07, 6.45) is 1.28. The van der Waals surface area contributed by atoms with E-state index in [1.165, 1.54) is 6.20 Å². The van der Waals surface area contributed by atoms with Crippen LogP contribution in [0.4, 0.5) is 0 Å². The number of rotatable bonds is 0. The molecule has 1 aromatic carbocycles. The van der Waals surface area contributed by atoms with Crippen LogP contribution in [0.15, 0.2) is 35.0 Å². The number of ketones is 2. The molecule has 1 aliphatic rings. The molecule has 0 saturated carbocycles. The van der Waals surface area contributed by atoms with Gasteiger partial charge < -0.3 is 4.52 Å². The Morgan fingerprint density at radius 2 is 1.60 bits per heavy atom. The SMILES string of the molecule is O=C1c2ccccc2C(=O)c2oncc21. The van der Waals surface area contributed by atoms with Gasteiger partial charge in [0.25, 0.3) is 0 Å². The Hall–Kier alpha value is -2.23. The maximum Gasteiger partial charge on any atom is 0.232 e. The molecule has 2 aromatic rings. The fraction of sp³-hybridized carbons (Fsp3) is 0. The smallest absolute Gasteiger partial charge is 0.232 e. The highest BCUT2D eigenvalue weighted by Gasteiger charge is 2.32. The zero-order valence-corrected chi connectivity index (χ0v) is 7.56. The summed E-state index contributed by atoms with van der Waals surface area (Å²) < 4.78 is 4.78. The molecule has 0 atom stereocenters. The second-order valence-corrected chi connectivity index (χ2v) is 3.27. The Morgan fingerprint density at radius 1 is 0.933 bits per heavy atom. The van der Waals surface area contributed by atoms with E-state index < -0.39 is 0 Å². The van der Waals surface area contributed by atoms with Crippen molar-refractivity contribution >= 4 is 11.6 Å². The Kier molecular flexibility index (Phi) is 1.42. The zero-order chi connectivity index (χ0) is 10.4. The predicted octanol–water partition coefficient (Wildman–Crippen LogP) is 1.45. The summed E-state index contributed by atoms with van der Waals surface area (Å²) in [4.78, 5) is 23.7. The number of aromatic nitrogens is 1. The van der Waals surface area contributed by atoms with Crippen LogP contribution in [0.3, 0.4) is 0 Å². The maximum absolute atomic E-state index is 11.9. The number of fused-ring (bicyclic) bond motifs is 2. The molecular formula is C11H5NO3. The Morgan fingerprint density at radius 3 is 2.33 bits per heavy atom. The van der Waals surface area contributed by atoms with E-state index in [0.717, 1.165) is 0 Å². The minimum absolute atomic E-state index is 0.0405. The molecule has 3 rings (SSSR count). The number of hydrogen-bond acceptors (Lipinski definition) is 4. The van der Waals surface area contributed by atoms with Gasteiger partial charge in [-0.3, -0.25) is 9.59 Å². The molecule has 4 nitrogen and oxygen atoms in total. The quantitative estimate of drug-likeness (QED) is 0.549. The van der Waals surface area contributed by atoms with Crippen molar-refractivity contribution in [2.45, 2.75) is 0 Å². The second kappa shape index (κ2) is 2.63. The van der Waals surface area contributed by atoms with Crippen LogP contribution in [0.2, 0.25) is 0 Å². The normalized spacial score (nSPS) is 13.6. The first-order valence-corrected chi connectivity index (χ1v) is 4.42. The molecule has 72 valence electrons. The summed E-state index contributed by atoms with van der Waals surface area (Å²) in [6.45, 7) is 0. The highest BCUT2D eigenvalue weighted by Crippen LogP contribution is 2.26. The van der Waals surface area contributed by atoms with Crippen molar-refractivity contribution in [3.8, 4) is 0 Å². The van der Waals surface area contributed by atoms with Crippen LogP contribution < -0.4 is 0 Å². The number of benzene rings is 1. The van der Waals surface area contributed by atoms with Crippen molar-refractivity contribution in [3.63, 3.8) is 0 Å². The minimum atomic E-state index is -0.280. The van der Waals surface area contributed by atoms with Gasteiger partial charge in [-0.15, -0.1) is 0 Å². The van der Waals surface area contributed by atoms with Crippen LogP contribution in [0.25, 0.3) is 0 Å². The van der Waals surface area contributed by atoms with Gasteiger partial charge in [-0.1, -0.05) is 29.4 Å². The van der Waals surface area contributed by atoms with Crippen molar-refractivity contribution in [2.24, 2.45) is 0 Å². The van der Waals surface area contributed by atoms with Gasteiger partial charge in [0.15, 0.2) is 5.78 Å². The summed E-state index contributed by atoms with van der Waals surface area (Å²) in [5.41, 5.74) is 1.05. The molecular weight excluding hydrogens is 194 g/mol. The number of carbonyl (C=O) groups excluding carboxylic acids is 2. The lowest BCUT2D eigenvalue weighted by atomic mass is 9.89. The van der Waals surface area contributed by atoms with E-state index in [1.54, 1.807) is 24.3 Å². The lowest BCUT2D eigenvalue weighted by molar-refractivity contribution is 0.0955. The highest BCUT2D eigenvalue weighted by atomic mass is 16.5. The predicted molar refractivity (Wildman–Crippen MR) is 49.8 cm³/mol. The fourth-order valence-electron chi connectivity index (χ4n) is 1.71. The molecule has 0 unspecified atom stereocenters. The number of hydrogen-bond donors (Lipinski definition) is 0. The van der Waals surface area contributed by atoms with Crippen LogP contribution >= 0.6 is 0 Å². The van der Waals surface area contributed by atoms with Crippen molar-refractivity contribution in [3.05, 3.63) is 52.9 Å². The van der Waals surface area contributed by atoms with Crippen LogP contribution in [-0.2, 0) is 0 Å². The summed E-state index contributed by atoms with van der Waals surface area (Å²) in [7, 11) is 0. The summed E-state index contributed by atoms with van der Waals surface area (Å²) >= 11 is 0. The zero-order valence-electron chi connectivity index (χ0n) is 7.56. The second-order valence-electron chi connectivity index (χ2n) is 3.27. The Labute approximate surface area is 84.5 Å². The molecule has 0 N–H and O–H groups in total. The molecule has 0 aliphatic heterocycles. The highest BCUT2D eigenvalue weighted by molar-refractivity contribution is 6.27. The molecule has 1 aliphatic carbocycles. The molecule has 0 fully saturated rings. The van der Waals surface area contributed by atoms with Crippen LogP contribution in [0.1, 0.15) is 32.0 Å². The van der Waals surface area contributed by atoms with Gasteiger partial charge in [-0.2, -0.15) is 0 Å². The molecule has 0 amide bonds. The van der Waals surface area contributed by atoms with Gasteiger partial charge in [0, 0.05) is 11.1 Å². The fourth-order valence-corrected chi connectivity index (χ4v) is 1.71. The lowest BCUT2D eigenvalue weighted by Crippen LogP contribution is -2.18. The van der Waals surface area contributed by atoms with E-state index >= 15 is 0 Å². The summed E-state index contributed by atoms with van der Waals surface area (Å²) in [6, 6.07) is 6.68. The number of nitrogens with zero attached hydrogens (tertiary/aromatic N) is 1. The van der Waals surface area contributed by atoms with Crippen molar-refractivity contribution in [1.29, 1.82) is 0 Å². The van der Waals surface area contributed by atoms with E-state index in [-0.39, 0.29) is 22.9 Å². The van der Waals surface area contributed by atoms with Gasteiger partial charge in [-0.05, 0) is 0 Å². The van der Waals surface area contributed by atoms with E-state index in [1.807, 2.05) is 0 Å². The monoisotopic (exact) mass is 199 g/mol. The molecule has 4 heteroatoms. The van der Waals surface area contributed by atoms with Crippen LogP contribution in [-0.4, -0.2) is 16.7 Å². The maximum atomic E-state index is 11.9. The van der Waals surface area contributed by atoms with Gasteiger partial charge in [0.2, 0.25) is 11.5 Å². The first-order chi connectivity index (χ1) is 7.29. The molecule has 15 heavy (non-hydrogen) atoms. The standard InChI is InChI=1S/C11H5NO3/c13-9-6-3-1-2-4-7(6)10(14)11-8(9)5-12-15-11/h1-5H.